The molecule has 0 bridgehead atoms. The Balaban J connectivity index is 2.59. The molecule has 0 aliphatic heterocycles. The number of hydrogen-bond donors (Lipinski definition) is 0. The van der Waals surface area contributed by atoms with Crippen molar-refractivity contribution >= 4 is 45.2 Å². The zero-order valence-corrected chi connectivity index (χ0v) is 10.2. The Morgan fingerprint density at radius 2 is 1.75 bits per heavy atom. The molecule has 0 spiro atoms. The van der Waals surface area contributed by atoms with Crippen molar-refractivity contribution in [1.82, 2.24) is 4.98 Å². The fourth-order valence-electron chi connectivity index (χ4n) is 2.22. The topological polar surface area (TPSA) is 71.8 Å². The lowest BCUT2D eigenvalue weighted by Crippen LogP contribution is -1.83. The van der Waals surface area contributed by atoms with Gasteiger partial charge in [0.05, 0.1) is 5.52 Å². The molecule has 2 aromatic carbocycles. The fourth-order valence-corrected chi connectivity index (χ4v) is 2.22. The van der Waals surface area contributed by atoms with E-state index in [2.05, 4.69) is 15.0 Å². The predicted molar refractivity (Wildman–Crippen MR) is 74.8 cm³/mol. The van der Waals surface area contributed by atoms with Gasteiger partial charge in [-0.05, 0) is 17.5 Å². The average molecular weight is 261 g/mol. The minimum absolute atomic E-state index is 0.272. The molecule has 3 aromatic rings. The van der Waals surface area contributed by atoms with E-state index in [4.69, 9.17) is 0 Å². The van der Waals surface area contributed by atoms with Crippen LogP contribution in [0.25, 0.3) is 21.7 Å². The second kappa shape index (κ2) is 4.86. The lowest BCUT2D eigenvalue weighted by molar-refractivity contribution is 0.564. The molecule has 1 aromatic heterocycles. The summed E-state index contributed by atoms with van der Waals surface area (Å²) in [6, 6.07) is 10.9. The summed E-state index contributed by atoms with van der Waals surface area (Å²) in [5.41, 5.74) is 1.22. The molecule has 0 fully saturated rings. The smallest absolute Gasteiger partial charge is 0.240 e. The van der Waals surface area contributed by atoms with Crippen molar-refractivity contribution in [2.24, 2.45) is 9.98 Å². The molecule has 0 aliphatic carbocycles. The molecule has 0 atom stereocenters. The van der Waals surface area contributed by atoms with Gasteiger partial charge in [0.1, 0.15) is 11.4 Å². The Labute approximate surface area is 113 Å². The summed E-state index contributed by atoms with van der Waals surface area (Å²) in [4.78, 5) is 32.7. The first-order valence-electron chi connectivity index (χ1n) is 5.81. The molecular weight excluding hydrogens is 254 g/mol. The van der Waals surface area contributed by atoms with Gasteiger partial charge in [-0.1, -0.05) is 24.3 Å². The summed E-state index contributed by atoms with van der Waals surface area (Å²) in [7, 11) is 0. The van der Waals surface area contributed by atoms with Crippen molar-refractivity contribution in [2.75, 3.05) is 0 Å². The van der Waals surface area contributed by atoms with Gasteiger partial charge in [-0.3, -0.25) is 4.98 Å². The van der Waals surface area contributed by atoms with E-state index in [1.807, 2.05) is 24.3 Å². The lowest BCUT2D eigenvalue weighted by atomic mass is 10.0. The second-order valence-electron chi connectivity index (χ2n) is 4.08. The highest BCUT2D eigenvalue weighted by Crippen LogP contribution is 2.38. The van der Waals surface area contributed by atoms with Gasteiger partial charge in [-0.15, -0.1) is 0 Å². The molecule has 0 N–H and O–H groups in total. The first-order chi connectivity index (χ1) is 9.85. The van der Waals surface area contributed by atoms with E-state index in [9.17, 15) is 9.59 Å². The van der Waals surface area contributed by atoms with E-state index < -0.39 is 0 Å². The number of aromatic nitrogens is 1. The van der Waals surface area contributed by atoms with E-state index in [1.54, 1.807) is 18.3 Å². The van der Waals surface area contributed by atoms with Crippen LogP contribution in [0.3, 0.4) is 0 Å². The first kappa shape index (κ1) is 11.9. The third kappa shape index (κ3) is 1.80. The van der Waals surface area contributed by atoms with Gasteiger partial charge in [0, 0.05) is 17.0 Å². The Morgan fingerprint density at radius 1 is 0.950 bits per heavy atom. The maximum absolute atomic E-state index is 10.7. The van der Waals surface area contributed by atoms with Crippen LogP contribution in [0.1, 0.15) is 0 Å². The maximum atomic E-state index is 10.7. The van der Waals surface area contributed by atoms with Crippen LogP contribution in [0.5, 0.6) is 0 Å². The second-order valence-corrected chi connectivity index (χ2v) is 4.08. The standard InChI is InChI=1S/C15H7N3O2/c19-8-17-13-6-5-12-14(15(13)18-9-20)11-4-2-1-3-10(11)7-16-12/h1-7H. The van der Waals surface area contributed by atoms with Gasteiger partial charge >= 0.3 is 0 Å². The Morgan fingerprint density at radius 3 is 2.55 bits per heavy atom. The van der Waals surface area contributed by atoms with Crippen molar-refractivity contribution in [2.45, 2.75) is 0 Å². The number of isocyanates is 2. The molecule has 1 heterocycles. The Kier molecular flexibility index (Phi) is 2.90. The molecule has 5 nitrogen and oxygen atoms in total. The van der Waals surface area contributed by atoms with Gasteiger partial charge in [0.2, 0.25) is 12.2 Å². The zero-order valence-electron chi connectivity index (χ0n) is 10.2. The van der Waals surface area contributed by atoms with Gasteiger partial charge in [-0.2, -0.15) is 9.98 Å². The quantitative estimate of drug-likeness (QED) is 0.403. The lowest BCUT2D eigenvalue weighted by Gasteiger charge is -2.06. The number of hydrogen-bond acceptors (Lipinski definition) is 5. The monoisotopic (exact) mass is 261 g/mol. The molecule has 94 valence electrons. The van der Waals surface area contributed by atoms with Gasteiger partial charge in [-0.25, -0.2) is 9.59 Å². The highest BCUT2D eigenvalue weighted by atomic mass is 16.1. The Bertz CT molecular complexity index is 921. The number of pyridine rings is 1. The molecule has 5 heteroatoms. The predicted octanol–water partition coefficient (Wildman–Crippen LogP) is 3.32. The highest BCUT2D eigenvalue weighted by molar-refractivity contribution is 6.13. The van der Waals surface area contributed by atoms with Crippen LogP contribution in [0.15, 0.2) is 52.6 Å². The zero-order chi connectivity index (χ0) is 13.9. The van der Waals surface area contributed by atoms with Crippen molar-refractivity contribution in [1.29, 1.82) is 0 Å². The van der Waals surface area contributed by atoms with E-state index >= 15 is 0 Å². The maximum Gasteiger partial charge on any atom is 0.240 e. The number of benzene rings is 2. The van der Waals surface area contributed by atoms with Crippen LogP contribution in [-0.4, -0.2) is 17.1 Å². The van der Waals surface area contributed by atoms with Gasteiger partial charge in [0.25, 0.3) is 0 Å². The van der Waals surface area contributed by atoms with Crippen LogP contribution in [0.4, 0.5) is 11.4 Å². The summed E-state index contributed by atoms with van der Waals surface area (Å²) in [6.07, 6.45) is 4.70. The van der Waals surface area contributed by atoms with Crippen molar-refractivity contribution < 1.29 is 9.59 Å². The van der Waals surface area contributed by atoms with E-state index in [0.29, 0.717) is 10.9 Å². The third-order valence-corrected chi connectivity index (χ3v) is 3.03. The Hall–Kier alpha value is -3.13. The number of nitrogens with zero attached hydrogens (tertiary/aromatic N) is 3. The third-order valence-electron chi connectivity index (χ3n) is 3.03. The van der Waals surface area contributed by atoms with Crippen LogP contribution >= 0.6 is 0 Å². The molecule has 20 heavy (non-hydrogen) atoms. The van der Waals surface area contributed by atoms with E-state index in [0.717, 1.165) is 10.8 Å². The molecular formula is C15H7N3O2. The van der Waals surface area contributed by atoms with E-state index in [-0.39, 0.29) is 11.4 Å². The minimum Gasteiger partial charge on any atom is -0.256 e. The first-order valence-corrected chi connectivity index (χ1v) is 5.81. The molecule has 0 radical (unpaired) electrons. The summed E-state index contributed by atoms with van der Waals surface area (Å²) >= 11 is 0. The summed E-state index contributed by atoms with van der Waals surface area (Å²) in [5, 5.41) is 2.46. The summed E-state index contributed by atoms with van der Waals surface area (Å²) in [6.45, 7) is 0. The molecule has 0 saturated heterocycles. The SMILES string of the molecule is O=C=Nc1ccc2ncc3ccccc3c2c1N=C=O. The van der Waals surface area contributed by atoms with Crippen LogP contribution < -0.4 is 0 Å². The fraction of sp³-hybridized carbons (Fsp3) is 0. The average Bonchev–Trinajstić information content (AvgIpc) is 2.49. The van der Waals surface area contributed by atoms with Gasteiger partial charge < -0.3 is 0 Å². The van der Waals surface area contributed by atoms with Gasteiger partial charge in [0.15, 0.2) is 0 Å². The molecule has 0 saturated carbocycles. The molecule has 0 unspecified atom stereocenters. The largest absolute Gasteiger partial charge is 0.256 e. The van der Waals surface area contributed by atoms with E-state index in [1.165, 1.54) is 12.2 Å². The number of fused-ring (bicyclic) bond motifs is 3. The molecule has 0 amide bonds. The van der Waals surface area contributed by atoms with Crippen LogP contribution in [-0.2, 0) is 9.59 Å². The highest BCUT2D eigenvalue weighted by Gasteiger charge is 2.11. The van der Waals surface area contributed by atoms with Crippen molar-refractivity contribution in [3.63, 3.8) is 0 Å². The number of carbonyl (C=O) groups excluding carboxylic acids is 2. The van der Waals surface area contributed by atoms with Crippen LogP contribution in [0, 0.1) is 0 Å². The van der Waals surface area contributed by atoms with Crippen LogP contribution in [0.2, 0.25) is 0 Å². The number of aliphatic imine (C=N–C) groups is 2. The molecule has 0 aliphatic rings. The van der Waals surface area contributed by atoms with Crippen molar-refractivity contribution in [3.05, 3.63) is 42.6 Å². The summed E-state index contributed by atoms with van der Waals surface area (Å²) < 4.78 is 0. The minimum atomic E-state index is 0.272. The number of rotatable bonds is 2. The summed E-state index contributed by atoms with van der Waals surface area (Å²) in [5.74, 6) is 0. The van der Waals surface area contributed by atoms with Crippen molar-refractivity contribution in [3.8, 4) is 0 Å². The molecule has 3 rings (SSSR count). The normalized spacial score (nSPS) is 10.0.